The van der Waals surface area contributed by atoms with E-state index in [1.807, 2.05) is 49.4 Å². The molecule has 2 N–H and O–H groups in total. The second-order valence-corrected chi connectivity index (χ2v) is 8.40. The molecule has 0 atom stereocenters. The van der Waals surface area contributed by atoms with Crippen molar-refractivity contribution in [3.63, 3.8) is 0 Å². The van der Waals surface area contributed by atoms with Crippen molar-refractivity contribution in [1.29, 1.82) is 0 Å². The normalized spacial score (nSPS) is 12.4. The number of benzene rings is 3. The molecule has 0 saturated carbocycles. The molecule has 0 radical (unpaired) electrons. The summed E-state index contributed by atoms with van der Waals surface area (Å²) in [7, 11) is 1.65. The first-order valence-corrected chi connectivity index (χ1v) is 11.2. The predicted molar refractivity (Wildman–Crippen MR) is 130 cm³/mol. The molecule has 4 aromatic rings. The van der Waals surface area contributed by atoms with Gasteiger partial charge >= 0.3 is 0 Å². The Balaban J connectivity index is 1.48. The number of aryl methyl sites for hydroxylation is 1. The van der Waals surface area contributed by atoms with E-state index in [2.05, 4.69) is 5.10 Å². The maximum Gasteiger partial charge on any atom is 0.257 e. The second-order valence-electron chi connectivity index (χ2n) is 8.40. The number of para-hydroxylation sites is 2. The zero-order valence-electron chi connectivity index (χ0n) is 19.4. The predicted octanol–water partition coefficient (Wildman–Crippen LogP) is 4.30. The Bertz CT molecular complexity index is 1410. The zero-order valence-corrected chi connectivity index (χ0v) is 19.4. The van der Waals surface area contributed by atoms with Crippen molar-refractivity contribution in [1.82, 2.24) is 14.7 Å². The van der Waals surface area contributed by atoms with Crippen molar-refractivity contribution < 1.29 is 24.5 Å². The highest BCUT2D eigenvalue weighted by Crippen LogP contribution is 2.38. The Morgan fingerprint density at radius 2 is 1.83 bits per heavy atom. The molecule has 0 fully saturated rings. The smallest absolute Gasteiger partial charge is 0.257 e. The molecule has 1 aliphatic rings. The number of phenolic OH excluding ortho intramolecular Hbond substituents is 2. The van der Waals surface area contributed by atoms with Crippen molar-refractivity contribution in [2.24, 2.45) is 0 Å². The van der Waals surface area contributed by atoms with Crippen LogP contribution in [0.3, 0.4) is 0 Å². The topological polar surface area (TPSA) is 97.1 Å². The number of hydrogen-bond acceptors (Lipinski definition) is 6. The van der Waals surface area contributed by atoms with E-state index >= 15 is 0 Å². The van der Waals surface area contributed by atoms with Gasteiger partial charge in [-0.15, -0.1) is 0 Å². The van der Waals surface area contributed by atoms with Gasteiger partial charge in [0.1, 0.15) is 24.7 Å². The third-order valence-corrected chi connectivity index (χ3v) is 6.01. The van der Waals surface area contributed by atoms with Gasteiger partial charge in [0.2, 0.25) is 0 Å². The summed E-state index contributed by atoms with van der Waals surface area (Å²) in [5.74, 6) is 0.407. The van der Waals surface area contributed by atoms with Gasteiger partial charge in [0.25, 0.3) is 5.91 Å². The largest absolute Gasteiger partial charge is 0.507 e. The minimum Gasteiger partial charge on any atom is -0.507 e. The molecule has 0 bridgehead atoms. The lowest BCUT2D eigenvalue weighted by atomic mass is 10.0. The molecular formula is C27H25N3O5. The maximum atomic E-state index is 13.4. The monoisotopic (exact) mass is 471 g/mol. The summed E-state index contributed by atoms with van der Waals surface area (Å²) in [5, 5.41) is 25.6. The van der Waals surface area contributed by atoms with E-state index < -0.39 is 5.91 Å². The summed E-state index contributed by atoms with van der Waals surface area (Å²) in [4.78, 5) is 14.9. The molecule has 0 unspecified atom stereocenters. The summed E-state index contributed by atoms with van der Waals surface area (Å²) < 4.78 is 13.1. The first kappa shape index (κ1) is 22.3. The minimum atomic E-state index is -0.403. The highest BCUT2D eigenvalue weighted by atomic mass is 16.6. The Kier molecular flexibility index (Phi) is 5.78. The fourth-order valence-electron chi connectivity index (χ4n) is 4.25. The average Bonchev–Trinajstić information content (AvgIpc) is 3.33. The van der Waals surface area contributed by atoms with Gasteiger partial charge in [-0.1, -0.05) is 30.3 Å². The molecular weight excluding hydrogens is 446 g/mol. The average molecular weight is 472 g/mol. The molecule has 8 heteroatoms. The van der Waals surface area contributed by atoms with E-state index in [0.29, 0.717) is 36.0 Å². The first-order valence-electron chi connectivity index (χ1n) is 11.2. The highest BCUT2D eigenvalue weighted by Gasteiger charge is 2.23. The van der Waals surface area contributed by atoms with Gasteiger partial charge < -0.3 is 24.6 Å². The summed E-state index contributed by atoms with van der Waals surface area (Å²) >= 11 is 0. The van der Waals surface area contributed by atoms with Crippen LogP contribution in [-0.2, 0) is 6.54 Å². The van der Waals surface area contributed by atoms with Crippen molar-refractivity contribution in [2.75, 3.05) is 20.3 Å². The van der Waals surface area contributed by atoms with Crippen molar-refractivity contribution in [3.05, 3.63) is 83.6 Å². The number of amides is 1. The van der Waals surface area contributed by atoms with Gasteiger partial charge in [-0.2, -0.15) is 5.10 Å². The Labute approximate surface area is 202 Å². The van der Waals surface area contributed by atoms with Crippen LogP contribution in [0.4, 0.5) is 0 Å². The van der Waals surface area contributed by atoms with Gasteiger partial charge in [-0.3, -0.25) is 4.79 Å². The third kappa shape index (κ3) is 4.14. The Hall–Kier alpha value is -4.46. The molecule has 35 heavy (non-hydrogen) atoms. The number of nitrogens with zero attached hydrogens (tertiary/aromatic N) is 3. The molecule has 1 amide bonds. The van der Waals surface area contributed by atoms with Gasteiger partial charge in [0.05, 0.1) is 23.1 Å². The van der Waals surface area contributed by atoms with Crippen LogP contribution in [0.15, 0.2) is 66.9 Å². The van der Waals surface area contributed by atoms with Crippen LogP contribution in [0.25, 0.3) is 16.9 Å². The standard InChI is InChI=1S/C27H25N3O5/c1-17-6-3-4-8-21(17)30-22(10-11-28-30)19-14-20(24(32)15-23(19)31)27(33)29(2)16-18-7-5-9-25-26(18)35-13-12-34-25/h3-11,14-15,31-32H,12-13,16H2,1-2H3. The molecule has 178 valence electrons. The molecule has 5 rings (SSSR count). The lowest BCUT2D eigenvalue weighted by molar-refractivity contribution is 0.0779. The van der Waals surface area contributed by atoms with E-state index in [9.17, 15) is 15.0 Å². The number of rotatable bonds is 5. The molecule has 2 heterocycles. The summed E-state index contributed by atoms with van der Waals surface area (Å²) in [6, 6.07) is 17.7. The van der Waals surface area contributed by atoms with E-state index in [0.717, 1.165) is 16.8 Å². The van der Waals surface area contributed by atoms with Crippen LogP contribution in [0.5, 0.6) is 23.0 Å². The number of carbonyl (C=O) groups excluding carboxylic acids is 1. The van der Waals surface area contributed by atoms with Crippen LogP contribution in [0.1, 0.15) is 21.5 Å². The SMILES string of the molecule is Cc1ccccc1-n1nccc1-c1cc(C(=O)N(C)Cc2cccc3c2OCCO3)c(O)cc1O. The van der Waals surface area contributed by atoms with E-state index in [1.54, 1.807) is 24.0 Å². The van der Waals surface area contributed by atoms with E-state index in [-0.39, 0.29) is 23.6 Å². The van der Waals surface area contributed by atoms with Gasteiger partial charge in [-0.05, 0) is 36.8 Å². The molecule has 0 aliphatic carbocycles. The minimum absolute atomic E-state index is 0.0693. The lowest BCUT2D eigenvalue weighted by Gasteiger charge is -2.24. The number of aromatic nitrogens is 2. The number of phenols is 2. The molecule has 8 nitrogen and oxygen atoms in total. The second kappa shape index (κ2) is 9.06. The molecule has 0 spiro atoms. The number of carbonyl (C=O) groups is 1. The maximum absolute atomic E-state index is 13.4. The van der Waals surface area contributed by atoms with Crippen molar-refractivity contribution in [2.45, 2.75) is 13.5 Å². The van der Waals surface area contributed by atoms with Gasteiger partial charge in [0, 0.05) is 30.8 Å². The summed E-state index contributed by atoms with van der Waals surface area (Å²) in [6.07, 6.45) is 1.63. The highest BCUT2D eigenvalue weighted by molar-refractivity contribution is 5.98. The first-order chi connectivity index (χ1) is 16.9. The molecule has 0 saturated heterocycles. The van der Waals surface area contributed by atoms with Crippen molar-refractivity contribution in [3.8, 4) is 39.9 Å². The number of fused-ring (bicyclic) bond motifs is 1. The Morgan fingerprint density at radius 1 is 1.03 bits per heavy atom. The van der Waals surface area contributed by atoms with E-state index in [1.165, 1.54) is 17.0 Å². The fourth-order valence-corrected chi connectivity index (χ4v) is 4.25. The van der Waals surface area contributed by atoms with Gasteiger partial charge in [-0.25, -0.2) is 4.68 Å². The van der Waals surface area contributed by atoms with Crippen LogP contribution < -0.4 is 9.47 Å². The van der Waals surface area contributed by atoms with Crippen molar-refractivity contribution >= 4 is 5.91 Å². The van der Waals surface area contributed by atoms with Crippen LogP contribution in [0.2, 0.25) is 0 Å². The zero-order chi connectivity index (χ0) is 24.5. The molecule has 1 aliphatic heterocycles. The lowest BCUT2D eigenvalue weighted by Crippen LogP contribution is -2.27. The van der Waals surface area contributed by atoms with Crippen LogP contribution in [-0.4, -0.2) is 51.1 Å². The van der Waals surface area contributed by atoms with Gasteiger partial charge in [0.15, 0.2) is 11.5 Å². The summed E-state index contributed by atoms with van der Waals surface area (Å²) in [5.41, 5.74) is 3.70. The fraction of sp³-hybridized carbons (Fsp3) is 0.185. The molecule has 1 aromatic heterocycles. The quantitative estimate of drug-likeness (QED) is 0.450. The molecule has 3 aromatic carbocycles. The Morgan fingerprint density at radius 3 is 2.66 bits per heavy atom. The number of ether oxygens (including phenoxy) is 2. The van der Waals surface area contributed by atoms with Crippen LogP contribution in [0, 0.1) is 6.92 Å². The third-order valence-electron chi connectivity index (χ3n) is 6.01. The van der Waals surface area contributed by atoms with Crippen LogP contribution >= 0.6 is 0 Å². The number of aromatic hydroxyl groups is 2. The summed E-state index contributed by atoms with van der Waals surface area (Å²) in [6.45, 7) is 3.15. The number of hydrogen-bond donors (Lipinski definition) is 2. The van der Waals surface area contributed by atoms with E-state index in [4.69, 9.17) is 9.47 Å².